The number of hydrogen-bond acceptors (Lipinski definition) is 3. The lowest BCUT2D eigenvalue weighted by molar-refractivity contribution is 0.605. The first-order chi connectivity index (χ1) is 5.43. The Hall–Kier alpha value is 0.160. The molecule has 7 heteroatoms. The zero-order valence-electron chi connectivity index (χ0n) is 5.46. The third-order valence-corrected chi connectivity index (χ3v) is 3.86. The molecule has 0 bridgehead atoms. The third-order valence-electron chi connectivity index (χ3n) is 1.04. The summed E-state index contributed by atoms with van der Waals surface area (Å²) >= 11 is 8.57. The van der Waals surface area contributed by atoms with Gasteiger partial charge in [0, 0.05) is 16.9 Å². The predicted molar refractivity (Wildman–Crippen MR) is 50.0 cm³/mol. The van der Waals surface area contributed by atoms with Crippen LogP contribution in [-0.4, -0.2) is 13.4 Å². The second-order valence-corrected chi connectivity index (χ2v) is 5.53. The van der Waals surface area contributed by atoms with E-state index in [0.29, 0.717) is 0 Å². The van der Waals surface area contributed by atoms with E-state index < -0.39 is 9.05 Å². The van der Waals surface area contributed by atoms with E-state index in [9.17, 15) is 8.42 Å². The van der Waals surface area contributed by atoms with Crippen molar-refractivity contribution in [1.82, 2.24) is 4.98 Å². The van der Waals surface area contributed by atoms with Crippen molar-refractivity contribution in [1.29, 1.82) is 0 Å². The predicted octanol–water partition coefficient (Wildman–Crippen LogP) is 2.43. The maximum Gasteiger partial charge on any atom is 0.279 e. The second-order valence-electron chi connectivity index (χ2n) is 1.85. The number of pyridine rings is 1. The molecule has 66 valence electrons. The Labute approximate surface area is 87.3 Å². The van der Waals surface area contributed by atoms with E-state index in [-0.39, 0.29) is 14.5 Å². The Bertz CT molecular complexity index is 406. The average molecular weight is 291 g/mol. The molecule has 0 aliphatic carbocycles. The molecule has 0 aliphatic rings. The molecule has 1 aromatic rings. The van der Waals surface area contributed by atoms with Gasteiger partial charge in [-0.1, -0.05) is 11.6 Å². The van der Waals surface area contributed by atoms with Gasteiger partial charge in [0.2, 0.25) is 0 Å². The van der Waals surface area contributed by atoms with Gasteiger partial charge in [0.25, 0.3) is 9.05 Å². The topological polar surface area (TPSA) is 47.0 Å². The van der Waals surface area contributed by atoms with E-state index in [2.05, 4.69) is 20.9 Å². The van der Waals surface area contributed by atoms with Crippen LogP contribution in [0, 0.1) is 0 Å². The molecular weight excluding hydrogens is 289 g/mol. The fraction of sp³-hybridized carbons (Fsp3) is 0. The molecular formula is C5H2BrCl2NO2S. The van der Waals surface area contributed by atoms with Crippen LogP contribution >= 0.6 is 38.2 Å². The maximum absolute atomic E-state index is 10.8. The van der Waals surface area contributed by atoms with Crippen LogP contribution in [0.4, 0.5) is 0 Å². The van der Waals surface area contributed by atoms with Crippen molar-refractivity contribution < 1.29 is 8.42 Å². The number of nitrogens with zero attached hydrogens (tertiary/aromatic N) is 1. The van der Waals surface area contributed by atoms with Gasteiger partial charge in [-0.3, -0.25) is 0 Å². The minimum absolute atomic E-state index is 0.182. The number of hydrogen-bond donors (Lipinski definition) is 0. The van der Waals surface area contributed by atoms with Gasteiger partial charge in [-0.2, -0.15) is 0 Å². The molecule has 12 heavy (non-hydrogen) atoms. The molecule has 0 saturated carbocycles. The third kappa shape index (κ3) is 2.10. The normalized spacial score (nSPS) is 11.6. The number of rotatable bonds is 1. The summed E-state index contributed by atoms with van der Waals surface area (Å²) in [6, 6.07) is 1.46. The minimum Gasteiger partial charge on any atom is -0.242 e. The lowest BCUT2D eigenvalue weighted by Crippen LogP contribution is -1.95. The van der Waals surface area contributed by atoms with E-state index in [1.807, 2.05) is 0 Å². The average Bonchev–Trinajstić information content (AvgIpc) is 1.92. The first-order valence-electron chi connectivity index (χ1n) is 2.67. The van der Waals surface area contributed by atoms with Gasteiger partial charge >= 0.3 is 0 Å². The first-order valence-corrected chi connectivity index (χ1v) is 6.15. The standard InChI is InChI=1S/C5H2BrCl2NO2S/c6-4-3(7)1-2-9-5(4)12(8,10)11/h1-2H. The van der Waals surface area contributed by atoms with Gasteiger partial charge in [-0.25, -0.2) is 13.4 Å². The Morgan fingerprint density at radius 1 is 1.50 bits per heavy atom. The summed E-state index contributed by atoms with van der Waals surface area (Å²) in [5.41, 5.74) is 0. The van der Waals surface area contributed by atoms with Crippen LogP contribution in [0.3, 0.4) is 0 Å². The zero-order chi connectivity index (χ0) is 9.35. The van der Waals surface area contributed by atoms with Crippen LogP contribution < -0.4 is 0 Å². The van der Waals surface area contributed by atoms with E-state index in [1.54, 1.807) is 0 Å². The molecule has 1 aromatic heterocycles. The Morgan fingerprint density at radius 3 is 2.50 bits per heavy atom. The van der Waals surface area contributed by atoms with Crippen LogP contribution in [-0.2, 0) is 9.05 Å². The quantitative estimate of drug-likeness (QED) is 0.746. The molecule has 0 radical (unpaired) electrons. The molecule has 0 spiro atoms. The Balaban J connectivity index is 3.47. The van der Waals surface area contributed by atoms with Gasteiger partial charge in [0.1, 0.15) is 0 Å². The van der Waals surface area contributed by atoms with Crippen molar-refractivity contribution in [2.75, 3.05) is 0 Å². The zero-order valence-corrected chi connectivity index (χ0v) is 9.37. The number of halogens is 3. The van der Waals surface area contributed by atoms with Crippen LogP contribution in [0.2, 0.25) is 5.02 Å². The summed E-state index contributed by atoms with van der Waals surface area (Å²) in [6.45, 7) is 0. The summed E-state index contributed by atoms with van der Waals surface area (Å²) < 4.78 is 21.8. The smallest absolute Gasteiger partial charge is 0.242 e. The van der Waals surface area contributed by atoms with E-state index >= 15 is 0 Å². The van der Waals surface area contributed by atoms with E-state index in [4.69, 9.17) is 22.3 Å². The maximum atomic E-state index is 10.8. The molecule has 1 heterocycles. The van der Waals surface area contributed by atoms with E-state index in [0.717, 1.165) is 0 Å². The highest BCUT2D eigenvalue weighted by atomic mass is 79.9. The summed E-state index contributed by atoms with van der Waals surface area (Å²) in [5, 5.41) is -0.0131. The Morgan fingerprint density at radius 2 is 2.08 bits per heavy atom. The lowest BCUT2D eigenvalue weighted by Gasteiger charge is -1.99. The number of aromatic nitrogens is 1. The van der Waals surface area contributed by atoms with Crippen molar-refractivity contribution >= 4 is 47.3 Å². The van der Waals surface area contributed by atoms with Gasteiger partial charge in [0.15, 0.2) is 5.03 Å². The van der Waals surface area contributed by atoms with Crippen molar-refractivity contribution in [2.45, 2.75) is 5.03 Å². The van der Waals surface area contributed by atoms with Crippen LogP contribution in [0.1, 0.15) is 0 Å². The van der Waals surface area contributed by atoms with Crippen molar-refractivity contribution in [3.63, 3.8) is 0 Å². The molecule has 0 saturated heterocycles. The molecule has 0 unspecified atom stereocenters. The van der Waals surface area contributed by atoms with Crippen molar-refractivity contribution in [3.05, 3.63) is 21.8 Å². The fourth-order valence-electron chi connectivity index (χ4n) is 0.572. The monoisotopic (exact) mass is 289 g/mol. The summed E-state index contributed by atoms with van der Waals surface area (Å²) in [4.78, 5) is 3.56. The summed E-state index contributed by atoms with van der Waals surface area (Å²) in [5.74, 6) is 0. The second kappa shape index (κ2) is 3.49. The van der Waals surface area contributed by atoms with Gasteiger partial charge in [-0.05, 0) is 22.0 Å². The minimum atomic E-state index is -3.83. The van der Waals surface area contributed by atoms with Crippen LogP contribution in [0.5, 0.6) is 0 Å². The molecule has 0 amide bonds. The summed E-state index contributed by atoms with van der Waals surface area (Å²) in [7, 11) is 1.23. The lowest BCUT2D eigenvalue weighted by atomic mass is 10.5. The van der Waals surface area contributed by atoms with Gasteiger partial charge in [0.05, 0.1) is 9.50 Å². The van der Waals surface area contributed by atoms with Crippen molar-refractivity contribution in [3.8, 4) is 0 Å². The first kappa shape index (κ1) is 10.2. The van der Waals surface area contributed by atoms with Gasteiger partial charge < -0.3 is 0 Å². The highest BCUT2D eigenvalue weighted by molar-refractivity contribution is 9.10. The molecule has 0 aromatic carbocycles. The van der Waals surface area contributed by atoms with Gasteiger partial charge in [-0.15, -0.1) is 0 Å². The highest BCUT2D eigenvalue weighted by Gasteiger charge is 2.17. The molecule has 0 fully saturated rings. The van der Waals surface area contributed by atoms with Crippen LogP contribution in [0.25, 0.3) is 0 Å². The Kier molecular flexibility index (Phi) is 2.98. The summed E-state index contributed by atoms with van der Waals surface area (Å²) in [6.07, 6.45) is 1.27. The molecule has 0 atom stereocenters. The van der Waals surface area contributed by atoms with Crippen LogP contribution in [0.15, 0.2) is 21.8 Å². The molecule has 0 aliphatic heterocycles. The fourth-order valence-corrected chi connectivity index (χ4v) is 2.79. The SMILES string of the molecule is O=S(=O)(Cl)c1nccc(Cl)c1Br. The molecule has 0 N–H and O–H groups in total. The highest BCUT2D eigenvalue weighted by Crippen LogP contribution is 2.29. The largest absolute Gasteiger partial charge is 0.279 e. The van der Waals surface area contributed by atoms with Crippen molar-refractivity contribution in [2.24, 2.45) is 0 Å². The molecule has 1 rings (SSSR count). The van der Waals surface area contributed by atoms with E-state index in [1.165, 1.54) is 12.3 Å². The molecule has 3 nitrogen and oxygen atoms in total.